The van der Waals surface area contributed by atoms with E-state index in [9.17, 15) is 4.79 Å². The van der Waals surface area contributed by atoms with Crippen LogP contribution >= 0.6 is 0 Å². The van der Waals surface area contributed by atoms with E-state index in [1.165, 1.54) is 0 Å². The van der Waals surface area contributed by atoms with Gasteiger partial charge in [-0.15, -0.1) is 0 Å². The standard InChI is InChI=1S/C20H23N3O2/c1-23(2)13-19(14-7-5-4-6-8-14)22-20(24)18-11-15-9-10-16(25-3)12-17(15)21-18/h4-12,19,21H,13H2,1-3H3,(H,22,24). The Bertz CT molecular complexity index is 856. The molecule has 0 saturated heterocycles. The third kappa shape index (κ3) is 4.00. The van der Waals surface area contributed by atoms with Crippen LogP contribution in [0.4, 0.5) is 0 Å². The molecule has 0 fully saturated rings. The number of aromatic amines is 1. The number of likely N-dealkylation sites (N-methyl/N-ethyl adjacent to an activating group) is 1. The van der Waals surface area contributed by atoms with E-state index < -0.39 is 0 Å². The van der Waals surface area contributed by atoms with Crippen molar-refractivity contribution in [3.63, 3.8) is 0 Å². The normalized spacial score (nSPS) is 12.3. The highest BCUT2D eigenvalue weighted by Crippen LogP contribution is 2.22. The molecule has 0 saturated carbocycles. The average molecular weight is 337 g/mol. The van der Waals surface area contributed by atoms with E-state index in [0.29, 0.717) is 5.69 Å². The second-order valence-corrected chi connectivity index (χ2v) is 6.34. The Balaban J connectivity index is 1.83. The number of carbonyl (C=O) groups is 1. The minimum atomic E-state index is -0.120. The first-order chi connectivity index (χ1) is 12.1. The minimum absolute atomic E-state index is 0.0790. The number of nitrogens with one attached hydrogen (secondary N) is 2. The first-order valence-electron chi connectivity index (χ1n) is 8.24. The molecule has 5 heteroatoms. The van der Waals surface area contributed by atoms with Gasteiger partial charge in [-0.3, -0.25) is 4.79 Å². The number of methoxy groups -OCH3 is 1. The van der Waals surface area contributed by atoms with Crippen LogP contribution in [0, 0.1) is 0 Å². The summed E-state index contributed by atoms with van der Waals surface area (Å²) in [5.74, 6) is 0.641. The van der Waals surface area contributed by atoms with Gasteiger partial charge in [-0.05, 0) is 37.9 Å². The van der Waals surface area contributed by atoms with Gasteiger partial charge >= 0.3 is 0 Å². The molecular weight excluding hydrogens is 314 g/mol. The maximum absolute atomic E-state index is 12.7. The molecule has 1 atom stereocenters. The SMILES string of the molecule is COc1ccc2cc(C(=O)NC(CN(C)C)c3ccccc3)[nH]c2c1. The van der Waals surface area contributed by atoms with Crippen molar-refractivity contribution in [2.75, 3.05) is 27.7 Å². The van der Waals surface area contributed by atoms with Crippen molar-refractivity contribution in [3.05, 3.63) is 65.9 Å². The zero-order valence-electron chi connectivity index (χ0n) is 14.7. The Kier molecular flexibility index (Phi) is 5.05. The number of hydrogen-bond acceptors (Lipinski definition) is 3. The Morgan fingerprint density at radius 3 is 2.60 bits per heavy atom. The molecule has 1 aromatic heterocycles. The van der Waals surface area contributed by atoms with Crippen molar-refractivity contribution in [1.82, 2.24) is 15.2 Å². The fourth-order valence-electron chi connectivity index (χ4n) is 2.88. The van der Waals surface area contributed by atoms with Gasteiger partial charge in [0.05, 0.1) is 13.2 Å². The fraction of sp³-hybridized carbons (Fsp3) is 0.250. The maximum atomic E-state index is 12.7. The van der Waals surface area contributed by atoms with E-state index in [4.69, 9.17) is 4.74 Å². The van der Waals surface area contributed by atoms with Crippen molar-refractivity contribution in [2.45, 2.75) is 6.04 Å². The molecule has 0 spiro atoms. The molecule has 130 valence electrons. The zero-order valence-corrected chi connectivity index (χ0v) is 14.7. The van der Waals surface area contributed by atoms with Crippen LogP contribution in [0.1, 0.15) is 22.1 Å². The molecule has 3 rings (SSSR count). The summed E-state index contributed by atoms with van der Waals surface area (Å²) in [7, 11) is 5.62. The number of amides is 1. The summed E-state index contributed by atoms with van der Waals surface area (Å²) in [6.07, 6.45) is 0. The van der Waals surface area contributed by atoms with Crippen molar-refractivity contribution in [2.24, 2.45) is 0 Å². The van der Waals surface area contributed by atoms with Crippen LogP contribution in [-0.2, 0) is 0 Å². The van der Waals surface area contributed by atoms with Gasteiger partial charge in [-0.1, -0.05) is 30.3 Å². The van der Waals surface area contributed by atoms with Crippen molar-refractivity contribution < 1.29 is 9.53 Å². The van der Waals surface area contributed by atoms with Gasteiger partial charge in [0, 0.05) is 23.5 Å². The highest BCUT2D eigenvalue weighted by molar-refractivity contribution is 5.98. The Hall–Kier alpha value is -2.79. The van der Waals surface area contributed by atoms with Crippen LogP contribution in [0.3, 0.4) is 0 Å². The molecule has 1 unspecified atom stereocenters. The number of benzene rings is 2. The summed E-state index contributed by atoms with van der Waals surface area (Å²) in [5, 5.41) is 4.11. The first-order valence-corrected chi connectivity index (χ1v) is 8.24. The second kappa shape index (κ2) is 7.40. The summed E-state index contributed by atoms with van der Waals surface area (Å²) in [6.45, 7) is 0.726. The summed E-state index contributed by atoms with van der Waals surface area (Å²) in [5.41, 5.74) is 2.51. The summed E-state index contributed by atoms with van der Waals surface area (Å²) < 4.78 is 5.23. The van der Waals surface area contributed by atoms with Crippen LogP contribution in [0.25, 0.3) is 10.9 Å². The highest BCUT2D eigenvalue weighted by atomic mass is 16.5. The lowest BCUT2D eigenvalue weighted by Gasteiger charge is -2.22. The molecule has 2 N–H and O–H groups in total. The molecule has 0 aliphatic carbocycles. The lowest BCUT2D eigenvalue weighted by molar-refractivity contribution is 0.0925. The predicted molar refractivity (Wildman–Crippen MR) is 100 cm³/mol. The van der Waals surface area contributed by atoms with Gasteiger partial charge in [0.25, 0.3) is 5.91 Å². The molecule has 25 heavy (non-hydrogen) atoms. The van der Waals surface area contributed by atoms with E-state index in [2.05, 4.69) is 15.2 Å². The predicted octanol–water partition coefficient (Wildman–Crippen LogP) is 3.21. The van der Waals surface area contributed by atoms with Gasteiger partial charge in [-0.2, -0.15) is 0 Å². The van der Waals surface area contributed by atoms with Gasteiger partial charge < -0.3 is 19.9 Å². The number of rotatable bonds is 6. The molecule has 5 nitrogen and oxygen atoms in total. The Morgan fingerprint density at radius 2 is 1.92 bits per heavy atom. The Labute approximate surface area is 147 Å². The van der Waals surface area contributed by atoms with E-state index in [0.717, 1.165) is 28.8 Å². The van der Waals surface area contributed by atoms with Crippen LogP contribution in [0.15, 0.2) is 54.6 Å². The van der Waals surface area contributed by atoms with Crippen LogP contribution in [0.2, 0.25) is 0 Å². The number of H-pyrrole nitrogens is 1. The molecule has 2 aromatic carbocycles. The minimum Gasteiger partial charge on any atom is -0.497 e. The average Bonchev–Trinajstić information content (AvgIpc) is 3.04. The molecule has 0 radical (unpaired) electrons. The highest BCUT2D eigenvalue weighted by Gasteiger charge is 2.18. The van der Waals surface area contributed by atoms with Crippen LogP contribution in [0.5, 0.6) is 5.75 Å². The number of fused-ring (bicyclic) bond motifs is 1. The smallest absolute Gasteiger partial charge is 0.268 e. The first kappa shape index (κ1) is 17.0. The van der Waals surface area contributed by atoms with Crippen molar-refractivity contribution in [1.29, 1.82) is 0 Å². The summed E-state index contributed by atoms with van der Waals surface area (Å²) >= 11 is 0. The molecule has 1 amide bonds. The van der Waals surface area contributed by atoms with E-state index in [1.807, 2.05) is 68.7 Å². The van der Waals surface area contributed by atoms with E-state index >= 15 is 0 Å². The number of carbonyl (C=O) groups excluding carboxylic acids is 1. The quantitative estimate of drug-likeness (QED) is 0.726. The monoisotopic (exact) mass is 337 g/mol. The van der Waals surface area contributed by atoms with Crippen molar-refractivity contribution >= 4 is 16.8 Å². The van der Waals surface area contributed by atoms with Gasteiger partial charge in [0.15, 0.2) is 0 Å². The number of aromatic nitrogens is 1. The molecule has 3 aromatic rings. The second-order valence-electron chi connectivity index (χ2n) is 6.34. The molecule has 1 heterocycles. The number of ether oxygens (including phenoxy) is 1. The van der Waals surface area contributed by atoms with Gasteiger partial charge in [-0.25, -0.2) is 0 Å². The van der Waals surface area contributed by atoms with E-state index in [-0.39, 0.29) is 11.9 Å². The molecule has 0 aliphatic heterocycles. The molecule has 0 bridgehead atoms. The summed E-state index contributed by atoms with van der Waals surface area (Å²) in [4.78, 5) is 18.0. The lowest BCUT2D eigenvalue weighted by atomic mass is 10.1. The number of nitrogens with zero attached hydrogens (tertiary/aromatic N) is 1. The van der Waals surface area contributed by atoms with Crippen LogP contribution in [-0.4, -0.2) is 43.5 Å². The zero-order chi connectivity index (χ0) is 17.8. The third-order valence-electron chi connectivity index (χ3n) is 4.13. The maximum Gasteiger partial charge on any atom is 0.268 e. The fourth-order valence-corrected chi connectivity index (χ4v) is 2.88. The largest absolute Gasteiger partial charge is 0.497 e. The summed E-state index contributed by atoms with van der Waals surface area (Å²) in [6, 6.07) is 17.5. The van der Waals surface area contributed by atoms with Crippen LogP contribution < -0.4 is 10.1 Å². The molecule has 0 aliphatic rings. The Morgan fingerprint density at radius 1 is 1.16 bits per heavy atom. The lowest BCUT2D eigenvalue weighted by Crippen LogP contribution is -2.35. The van der Waals surface area contributed by atoms with Crippen molar-refractivity contribution in [3.8, 4) is 5.75 Å². The topological polar surface area (TPSA) is 57.4 Å². The van der Waals surface area contributed by atoms with Gasteiger partial charge in [0.1, 0.15) is 11.4 Å². The molecular formula is C20H23N3O2. The number of hydrogen-bond donors (Lipinski definition) is 2. The third-order valence-corrected chi connectivity index (χ3v) is 4.13. The van der Waals surface area contributed by atoms with Gasteiger partial charge in [0.2, 0.25) is 0 Å². The van der Waals surface area contributed by atoms with E-state index in [1.54, 1.807) is 7.11 Å².